The van der Waals surface area contributed by atoms with Crippen molar-refractivity contribution in [1.29, 1.82) is 0 Å². The molecule has 0 spiro atoms. The van der Waals surface area contributed by atoms with Crippen LogP contribution in [0.5, 0.6) is 17.2 Å². The molecule has 0 unspecified atom stereocenters. The number of ether oxygens (including phenoxy) is 2. The number of carbonyl (C=O) groups is 1. The van der Waals surface area contributed by atoms with Crippen molar-refractivity contribution in [1.82, 2.24) is 5.43 Å². The van der Waals surface area contributed by atoms with Crippen molar-refractivity contribution in [3.63, 3.8) is 0 Å². The number of para-hydroxylation sites is 3. The predicted octanol–water partition coefficient (Wildman–Crippen LogP) is 1.68. The Kier molecular flexibility index (Phi) is 3.91. The van der Waals surface area contributed by atoms with Crippen molar-refractivity contribution < 1.29 is 19.4 Å². The molecule has 0 saturated carbocycles. The van der Waals surface area contributed by atoms with Gasteiger partial charge in [0.05, 0.1) is 6.21 Å². The summed E-state index contributed by atoms with van der Waals surface area (Å²) in [6.07, 6.45) is 0.599. The summed E-state index contributed by atoms with van der Waals surface area (Å²) in [7, 11) is 0. The third-order valence-corrected chi connectivity index (χ3v) is 3.12. The number of rotatable bonds is 3. The maximum Gasteiger partial charge on any atom is 0.284 e. The first-order valence-corrected chi connectivity index (χ1v) is 6.73. The van der Waals surface area contributed by atoms with Crippen molar-refractivity contribution in [3.05, 3.63) is 54.1 Å². The van der Waals surface area contributed by atoms with Gasteiger partial charge in [0.1, 0.15) is 12.4 Å². The molecule has 0 bridgehead atoms. The highest BCUT2D eigenvalue weighted by atomic mass is 16.6. The van der Waals surface area contributed by atoms with Crippen molar-refractivity contribution in [2.24, 2.45) is 5.10 Å². The van der Waals surface area contributed by atoms with Gasteiger partial charge in [0, 0.05) is 5.56 Å². The van der Waals surface area contributed by atoms with E-state index in [0.29, 0.717) is 17.1 Å². The van der Waals surface area contributed by atoms with E-state index in [1.807, 2.05) is 6.07 Å². The fraction of sp³-hybridized carbons (Fsp3) is 0.125. The van der Waals surface area contributed by atoms with Gasteiger partial charge in [-0.25, -0.2) is 5.43 Å². The van der Waals surface area contributed by atoms with Gasteiger partial charge in [-0.1, -0.05) is 24.3 Å². The first-order valence-electron chi connectivity index (χ1n) is 6.73. The SMILES string of the molecule is O=C(N/N=C/c1ccccc1O)[C@H]1COc2ccccc2O1. The normalized spacial score (nSPS) is 16.5. The zero-order valence-electron chi connectivity index (χ0n) is 11.6. The second-order valence-electron chi connectivity index (χ2n) is 4.66. The molecule has 0 radical (unpaired) electrons. The van der Waals surface area contributed by atoms with Gasteiger partial charge in [-0.2, -0.15) is 5.10 Å². The monoisotopic (exact) mass is 298 g/mol. The first-order chi connectivity index (χ1) is 10.7. The minimum absolute atomic E-state index is 0.0895. The van der Waals surface area contributed by atoms with Crippen molar-refractivity contribution in [2.45, 2.75) is 6.10 Å². The Hall–Kier alpha value is -3.02. The van der Waals surface area contributed by atoms with Crippen molar-refractivity contribution in [3.8, 4) is 17.2 Å². The minimum Gasteiger partial charge on any atom is -0.507 e. The average molecular weight is 298 g/mol. The van der Waals surface area contributed by atoms with E-state index >= 15 is 0 Å². The van der Waals surface area contributed by atoms with Crippen molar-refractivity contribution in [2.75, 3.05) is 6.61 Å². The van der Waals surface area contributed by atoms with E-state index in [4.69, 9.17) is 9.47 Å². The number of fused-ring (bicyclic) bond motifs is 1. The van der Waals surface area contributed by atoms with Gasteiger partial charge >= 0.3 is 0 Å². The number of amides is 1. The Morgan fingerprint density at radius 1 is 1.18 bits per heavy atom. The standard InChI is InChI=1S/C16H14N2O4/c19-12-6-2-1-5-11(12)9-17-18-16(20)15-10-21-13-7-3-4-8-14(13)22-15/h1-9,15,19H,10H2,(H,18,20)/b17-9+/t15-/m1/s1. The van der Waals surface area contributed by atoms with Crippen LogP contribution < -0.4 is 14.9 Å². The number of nitrogens with one attached hydrogen (secondary N) is 1. The van der Waals surface area contributed by atoms with Gasteiger partial charge in [-0.15, -0.1) is 0 Å². The Morgan fingerprint density at radius 3 is 2.73 bits per heavy atom. The van der Waals surface area contributed by atoms with E-state index in [-0.39, 0.29) is 12.4 Å². The number of nitrogens with zero attached hydrogens (tertiary/aromatic N) is 1. The Balaban J connectivity index is 1.60. The van der Waals surface area contributed by atoms with Crippen LogP contribution in [0.3, 0.4) is 0 Å². The lowest BCUT2D eigenvalue weighted by Crippen LogP contribution is -2.42. The van der Waals surface area contributed by atoms with E-state index in [0.717, 1.165) is 0 Å². The zero-order valence-corrected chi connectivity index (χ0v) is 11.6. The molecule has 1 atom stereocenters. The predicted molar refractivity (Wildman–Crippen MR) is 80.2 cm³/mol. The highest BCUT2D eigenvalue weighted by Gasteiger charge is 2.26. The van der Waals surface area contributed by atoms with E-state index in [9.17, 15) is 9.90 Å². The summed E-state index contributed by atoms with van der Waals surface area (Å²) in [5, 5.41) is 13.4. The van der Waals surface area contributed by atoms with Gasteiger partial charge in [0.2, 0.25) is 6.10 Å². The smallest absolute Gasteiger partial charge is 0.284 e. The lowest BCUT2D eigenvalue weighted by atomic mass is 10.2. The van der Waals surface area contributed by atoms with Gasteiger partial charge in [0.15, 0.2) is 11.5 Å². The molecular weight excluding hydrogens is 284 g/mol. The molecule has 0 aliphatic carbocycles. The van der Waals surface area contributed by atoms with Crippen LogP contribution in [0.1, 0.15) is 5.56 Å². The number of hydrogen-bond donors (Lipinski definition) is 2. The maximum absolute atomic E-state index is 12.0. The Bertz CT molecular complexity index is 715. The number of phenolic OH excluding ortho intramolecular Hbond substituents is 1. The molecule has 1 aliphatic rings. The number of hydrazone groups is 1. The molecule has 6 nitrogen and oxygen atoms in total. The second kappa shape index (κ2) is 6.17. The van der Waals surface area contributed by atoms with Gasteiger partial charge in [-0.3, -0.25) is 4.79 Å². The molecule has 2 aromatic rings. The zero-order chi connectivity index (χ0) is 15.4. The number of benzene rings is 2. The van der Waals surface area contributed by atoms with Gasteiger partial charge < -0.3 is 14.6 Å². The van der Waals surface area contributed by atoms with Crippen LogP contribution in [0.2, 0.25) is 0 Å². The summed E-state index contributed by atoms with van der Waals surface area (Å²) in [4.78, 5) is 12.0. The van der Waals surface area contributed by atoms with Crippen LogP contribution in [0.15, 0.2) is 53.6 Å². The highest BCUT2D eigenvalue weighted by molar-refractivity contribution is 5.86. The topological polar surface area (TPSA) is 80.2 Å². The molecule has 3 rings (SSSR count). The van der Waals surface area contributed by atoms with Crippen LogP contribution >= 0.6 is 0 Å². The fourth-order valence-corrected chi connectivity index (χ4v) is 1.98. The Labute approximate surface area is 127 Å². The fourth-order valence-electron chi connectivity index (χ4n) is 1.98. The summed E-state index contributed by atoms with van der Waals surface area (Å²) in [6, 6.07) is 13.8. The van der Waals surface area contributed by atoms with E-state index < -0.39 is 12.0 Å². The van der Waals surface area contributed by atoms with Gasteiger partial charge in [0.25, 0.3) is 5.91 Å². The Morgan fingerprint density at radius 2 is 1.91 bits per heavy atom. The van der Waals surface area contributed by atoms with Crippen LogP contribution in [0.25, 0.3) is 0 Å². The largest absolute Gasteiger partial charge is 0.507 e. The molecule has 1 heterocycles. The van der Waals surface area contributed by atoms with Gasteiger partial charge in [-0.05, 0) is 24.3 Å². The van der Waals surface area contributed by atoms with Crippen LogP contribution in [0, 0.1) is 0 Å². The summed E-state index contributed by atoms with van der Waals surface area (Å²) >= 11 is 0. The molecule has 112 valence electrons. The number of aromatic hydroxyl groups is 1. The maximum atomic E-state index is 12.0. The third-order valence-electron chi connectivity index (χ3n) is 3.12. The molecule has 22 heavy (non-hydrogen) atoms. The van der Waals surface area contributed by atoms with E-state index in [2.05, 4.69) is 10.5 Å². The molecule has 1 amide bonds. The third kappa shape index (κ3) is 3.01. The van der Waals surface area contributed by atoms with Crippen molar-refractivity contribution >= 4 is 12.1 Å². The number of hydrogen-bond acceptors (Lipinski definition) is 5. The summed E-state index contributed by atoms with van der Waals surface area (Å²) < 4.78 is 11.0. The minimum atomic E-state index is -0.767. The summed E-state index contributed by atoms with van der Waals surface area (Å²) in [6.45, 7) is 0.120. The molecule has 2 aromatic carbocycles. The van der Waals surface area contributed by atoms with Crippen LogP contribution in [-0.2, 0) is 4.79 Å². The highest BCUT2D eigenvalue weighted by Crippen LogP contribution is 2.30. The van der Waals surface area contributed by atoms with Crippen LogP contribution in [0.4, 0.5) is 0 Å². The second-order valence-corrected chi connectivity index (χ2v) is 4.66. The molecule has 0 saturated heterocycles. The lowest BCUT2D eigenvalue weighted by Gasteiger charge is -2.24. The molecule has 2 N–H and O–H groups in total. The van der Waals surface area contributed by atoms with Crippen LogP contribution in [-0.4, -0.2) is 29.9 Å². The number of phenols is 1. The lowest BCUT2D eigenvalue weighted by molar-refractivity contribution is -0.130. The summed E-state index contributed by atoms with van der Waals surface area (Å²) in [5.41, 5.74) is 2.88. The first kappa shape index (κ1) is 13.9. The summed E-state index contributed by atoms with van der Waals surface area (Å²) in [5.74, 6) is 0.815. The molecule has 1 aliphatic heterocycles. The molecule has 0 fully saturated rings. The molecule has 0 aromatic heterocycles. The number of carbonyl (C=O) groups excluding carboxylic acids is 1. The van der Waals surface area contributed by atoms with E-state index in [1.165, 1.54) is 12.3 Å². The average Bonchev–Trinajstić information content (AvgIpc) is 2.56. The molecular formula is C16H14N2O4. The molecule has 6 heteroatoms. The quantitative estimate of drug-likeness (QED) is 0.667. The van der Waals surface area contributed by atoms with E-state index in [1.54, 1.807) is 36.4 Å².